The molecule has 7 heteroatoms. The fraction of sp³-hybridized carbons (Fsp3) is 0.304. The lowest BCUT2D eigenvalue weighted by Gasteiger charge is -2.15. The number of nitrogens with zero attached hydrogens (tertiary/aromatic N) is 2. The van der Waals surface area contributed by atoms with Crippen LogP contribution in [0, 0.1) is 0 Å². The topological polar surface area (TPSA) is 58.4 Å². The van der Waals surface area contributed by atoms with Crippen molar-refractivity contribution in [3.8, 4) is 0 Å². The van der Waals surface area contributed by atoms with E-state index in [1.54, 1.807) is 28.0 Å². The van der Waals surface area contributed by atoms with Crippen LogP contribution in [0.25, 0.3) is 0 Å². The molecule has 0 aliphatic rings. The molecule has 0 saturated carbocycles. The van der Waals surface area contributed by atoms with Crippen LogP contribution in [0.15, 0.2) is 75.3 Å². The summed E-state index contributed by atoms with van der Waals surface area (Å²) < 4.78 is 1.70. The molecule has 5 nitrogen and oxygen atoms in total. The Labute approximate surface area is 199 Å². The van der Waals surface area contributed by atoms with Crippen molar-refractivity contribution in [1.82, 2.24) is 15.2 Å². The highest BCUT2D eigenvalue weighted by atomic mass is 127. The van der Waals surface area contributed by atoms with Crippen LogP contribution in [-0.2, 0) is 13.1 Å². The molecule has 0 spiro atoms. The fourth-order valence-corrected chi connectivity index (χ4v) is 3.76. The van der Waals surface area contributed by atoms with Gasteiger partial charge in [-0.25, -0.2) is 4.99 Å². The predicted octanol–water partition coefficient (Wildman–Crippen LogP) is 4.43. The molecule has 2 aromatic heterocycles. The van der Waals surface area contributed by atoms with Gasteiger partial charge in [0.2, 0.25) is 0 Å². The van der Waals surface area contributed by atoms with Crippen molar-refractivity contribution in [3.63, 3.8) is 0 Å². The van der Waals surface area contributed by atoms with Crippen molar-refractivity contribution in [2.75, 3.05) is 13.1 Å². The number of rotatable bonds is 8. The zero-order chi connectivity index (χ0) is 20.5. The lowest BCUT2D eigenvalue weighted by Crippen LogP contribution is -2.39. The molecule has 1 aromatic carbocycles. The van der Waals surface area contributed by atoms with Crippen molar-refractivity contribution in [2.45, 2.75) is 32.9 Å². The summed E-state index contributed by atoms with van der Waals surface area (Å²) in [6.45, 7) is 7.13. The molecule has 160 valence electrons. The van der Waals surface area contributed by atoms with E-state index in [0.717, 1.165) is 30.2 Å². The largest absolute Gasteiger partial charge is 0.357 e. The maximum Gasteiger partial charge on any atom is 0.250 e. The first-order chi connectivity index (χ1) is 14.2. The van der Waals surface area contributed by atoms with Crippen molar-refractivity contribution < 1.29 is 0 Å². The van der Waals surface area contributed by atoms with Crippen LogP contribution in [0.1, 0.15) is 36.5 Å². The second-order valence-corrected chi connectivity index (χ2v) is 7.80. The molecule has 0 aliphatic carbocycles. The minimum atomic E-state index is 0. The molecule has 0 saturated heterocycles. The maximum atomic E-state index is 11.8. The van der Waals surface area contributed by atoms with E-state index in [2.05, 4.69) is 65.6 Å². The lowest BCUT2D eigenvalue weighted by molar-refractivity contribution is 0.701. The van der Waals surface area contributed by atoms with Gasteiger partial charge in [0.1, 0.15) is 0 Å². The van der Waals surface area contributed by atoms with Gasteiger partial charge in [-0.15, -0.1) is 24.0 Å². The number of pyridine rings is 1. The van der Waals surface area contributed by atoms with Gasteiger partial charge in [-0.2, -0.15) is 11.3 Å². The number of aromatic nitrogens is 1. The van der Waals surface area contributed by atoms with Gasteiger partial charge in [0.05, 0.1) is 13.1 Å². The molecule has 30 heavy (non-hydrogen) atoms. The Morgan fingerprint density at radius 3 is 2.53 bits per heavy atom. The molecular formula is C23H29IN4OS. The Balaban J connectivity index is 0.00000320. The highest BCUT2D eigenvalue weighted by Crippen LogP contribution is 2.17. The Bertz CT molecular complexity index is 967. The average Bonchev–Trinajstić information content (AvgIpc) is 3.28. The van der Waals surface area contributed by atoms with E-state index in [0.29, 0.717) is 19.0 Å². The summed E-state index contributed by atoms with van der Waals surface area (Å²) in [5.74, 6) is 1.26. The summed E-state index contributed by atoms with van der Waals surface area (Å²) in [5.41, 5.74) is 3.60. The van der Waals surface area contributed by atoms with E-state index < -0.39 is 0 Å². The monoisotopic (exact) mass is 536 g/mol. The smallest absolute Gasteiger partial charge is 0.250 e. The third-order valence-electron chi connectivity index (χ3n) is 4.73. The molecule has 3 aromatic rings. The van der Waals surface area contributed by atoms with Gasteiger partial charge in [-0.1, -0.05) is 37.3 Å². The SMILES string of the molecule is CCNC(=NCc1ccc(Cn2ccccc2=O)cc1)NCC(C)c1ccsc1.I. The number of hydrogen-bond acceptors (Lipinski definition) is 3. The Hall–Kier alpha value is -2.13. The van der Waals surface area contributed by atoms with Crippen LogP contribution in [0.2, 0.25) is 0 Å². The van der Waals surface area contributed by atoms with Crippen LogP contribution in [-0.4, -0.2) is 23.6 Å². The van der Waals surface area contributed by atoms with Crippen molar-refractivity contribution in [1.29, 1.82) is 0 Å². The van der Waals surface area contributed by atoms with Crippen molar-refractivity contribution in [3.05, 3.63) is 92.5 Å². The van der Waals surface area contributed by atoms with E-state index >= 15 is 0 Å². The number of nitrogens with one attached hydrogen (secondary N) is 2. The van der Waals surface area contributed by atoms with Crippen molar-refractivity contribution >= 4 is 41.3 Å². The van der Waals surface area contributed by atoms with E-state index in [1.165, 1.54) is 5.56 Å². The summed E-state index contributed by atoms with van der Waals surface area (Å²) in [6, 6.07) is 15.7. The second-order valence-electron chi connectivity index (χ2n) is 7.02. The Morgan fingerprint density at radius 1 is 1.10 bits per heavy atom. The van der Waals surface area contributed by atoms with Gasteiger partial charge >= 0.3 is 0 Å². The van der Waals surface area contributed by atoms with E-state index in [4.69, 9.17) is 4.99 Å². The minimum Gasteiger partial charge on any atom is -0.357 e. The molecule has 0 amide bonds. The average molecular weight is 536 g/mol. The first kappa shape index (κ1) is 24.1. The number of halogens is 1. The highest BCUT2D eigenvalue weighted by Gasteiger charge is 2.07. The quantitative estimate of drug-likeness (QED) is 0.255. The van der Waals surface area contributed by atoms with Crippen LogP contribution in [0.4, 0.5) is 0 Å². The van der Waals surface area contributed by atoms with Crippen LogP contribution >= 0.6 is 35.3 Å². The van der Waals surface area contributed by atoms with Crippen LogP contribution in [0.5, 0.6) is 0 Å². The summed E-state index contributed by atoms with van der Waals surface area (Å²) in [6.07, 6.45) is 1.81. The first-order valence-corrected chi connectivity index (χ1v) is 10.9. The van der Waals surface area contributed by atoms with Gasteiger partial charge in [-0.3, -0.25) is 4.79 Å². The number of hydrogen-bond donors (Lipinski definition) is 2. The second kappa shape index (κ2) is 12.5. The highest BCUT2D eigenvalue weighted by molar-refractivity contribution is 14.0. The van der Waals surface area contributed by atoms with E-state index in [9.17, 15) is 4.79 Å². The standard InChI is InChI=1S/C23H28N4OS.HI/c1-3-24-23(25-14-18(2)21-11-13-29-17-21)26-15-19-7-9-20(10-8-19)16-27-12-5-4-6-22(27)28;/h4-13,17-18H,3,14-16H2,1-2H3,(H2,24,25,26);1H. The fourth-order valence-electron chi connectivity index (χ4n) is 2.97. The molecule has 1 unspecified atom stereocenters. The predicted molar refractivity (Wildman–Crippen MR) is 137 cm³/mol. The zero-order valence-corrected chi connectivity index (χ0v) is 20.5. The summed E-state index contributed by atoms with van der Waals surface area (Å²) >= 11 is 1.73. The van der Waals surface area contributed by atoms with E-state index in [-0.39, 0.29) is 29.5 Å². The molecule has 2 N–H and O–H groups in total. The zero-order valence-electron chi connectivity index (χ0n) is 17.4. The third-order valence-corrected chi connectivity index (χ3v) is 5.43. The Kier molecular flexibility index (Phi) is 10.1. The van der Waals surface area contributed by atoms with E-state index in [1.807, 2.05) is 12.3 Å². The molecule has 2 heterocycles. The minimum absolute atomic E-state index is 0. The van der Waals surface area contributed by atoms with Gasteiger partial charge < -0.3 is 15.2 Å². The number of guanidine groups is 1. The first-order valence-electron chi connectivity index (χ1n) is 9.93. The van der Waals surface area contributed by atoms with Crippen LogP contribution < -0.4 is 16.2 Å². The number of benzene rings is 1. The molecule has 0 bridgehead atoms. The maximum absolute atomic E-state index is 11.8. The Morgan fingerprint density at radius 2 is 1.87 bits per heavy atom. The normalized spacial score (nSPS) is 12.1. The molecule has 3 rings (SSSR count). The van der Waals surface area contributed by atoms with Crippen LogP contribution in [0.3, 0.4) is 0 Å². The van der Waals surface area contributed by atoms with Gasteiger partial charge in [-0.05, 0) is 52.4 Å². The van der Waals surface area contributed by atoms with Crippen molar-refractivity contribution in [2.24, 2.45) is 4.99 Å². The van der Waals surface area contributed by atoms with Gasteiger partial charge in [0.15, 0.2) is 5.96 Å². The molecular weight excluding hydrogens is 507 g/mol. The molecule has 0 fully saturated rings. The molecule has 0 radical (unpaired) electrons. The molecule has 0 aliphatic heterocycles. The summed E-state index contributed by atoms with van der Waals surface area (Å²) in [5, 5.41) is 11.1. The summed E-state index contributed by atoms with van der Waals surface area (Å²) in [7, 11) is 0. The number of aliphatic imine (C=N–C) groups is 1. The van der Waals surface area contributed by atoms with Gasteiger partial charge in [0.25, 0.3) is 5.56 Å². The lowest BCUT2D eigenvalue weighted by atomic mass is 10.1. The molecule has 1 atom stereocenters. The van der Waals surface area contributed by atoms with Gasteiger partial charge in [0, 0.05) is 25.4 Å². The number of thiophene rings is 1. The third kappa shape index (κ3) is 7.28. The summed E-state index contributed by atoms with van der Waals surface area (Å²) in [4.78, 5) is 16.6.